The molecule has 0 atom stereocenters. The van der Waals surface area contributed by atoms with Gasteiger partial charge in [0, 0.05) is 19.5 Å². The molecule has 70 valence electrons. The lowest BCUT2D eigenvalue weighted by Crippen LogP contribution is -2.22. The summed E-state index contributed by atoms with van der Waals surface area (Å²) in [7, 11) is 0. The van der Waals surface area contributed by atoms with E-state index in [2.05, 4.69) is 16.6 Å². The summed E-state index contributed by atoms with van der Waals surface area (Å²) in [4.78, 5) is 4.35. The number of nitrogens with zero attached hydrogens (tertiary/aromatic N) is 1. The molecule has 0 saturated carbocycles. The summed E-state index contributed by atoms with van der Waals surface area (Å²) in [5.41, 5.74) is 0. The average molecular weight is 186 g/mol. The Morgan fingerprint density at radius 1 is 1.50 bits per heavy atom. The zero-order valence-electron chi connectivity index (χ0n) is 7.81. The molecule has 1 aliphatic rings. The highest BCUT2D eigenvalue weighted by atomic mass is 32.2. The summed E-state index contributed by atoms with van der Waals surface area (Å²) in [5, 5.41) is 3.38. The first-order valence-corrected chi connectivity index (χ1v) is 6.09. The van der Waals surface area contributed by atoms with E-state index in [4.69, 9.17) is 0 Å². The van der Waals surface area contributed by atoms with Gasteiger partial charge in [0.1, 0.15) is 0 Å². The van der Waals surface area contributed by atoms with E-state index in [0.717, 1.165) is 13.1 Å². The zero-order valence-corrected chi connectivity index (χ0v) is 8.62. The molecule has 0 unspecified atom stereocenters. The lowest BCUT2D eigenvalue weighted by Gasteiger charge is -2.04. The molecule has 0 amide bonds. The van der Waals surface area contributed by atoms with Gasteiger partial charge in [0.15, 0.2) is 0 Å². The lowest BCUT2D eigenvalue weighted by molar-refractivity contribution is 0.755. The molecule has 1 N–H and O–H groups in total. The van der Waals surface area contributed by atoms with Crippen LogP contribution in [0.4, 0.5) is 0 Å². The molecule has 0 radical (unpaired) electrons. The topological polar surface area (TPSA) is 24.4 Å². The van der Waals surface area contributed by atoms with Gasteiger partial charge < -0.3 is 5.32 Å². The van der Waals surface area contributed by atoms with Crippen molar-refractivity contribution in [2.24, 2.45) is 4.99 Å². The maximum atomic E-state index is 4.35. The summed E-state index contributed by atoms with van der Waals surface area (Å²) in [6, 6.07) is 0. The molecule has 0 fully saturated rings. The van der Waals surface area contributed by atoms with Crippen molar-refractivity contribution in [1.82, 2.24) is 5.32 Å². The number of nitrogens with one attached hydrogen (secondary N) is 1. The normalized spacial score (nSPS) is 16.2. The van der Waals surface area contributed by atoms with E-state index in [-0.39, 0.29) is 0 Å². The van der Waals surface area contributed by atoms with Crippen molar-refractivity contribution in [3.63, 3.8) is 0 Å². The van der Waals surface area contributed by atoms with E-state index in [1.807, 2.05) is 11.8 Å². The van der Waals surface area contributed by atoms with Crippen LogP contribution in [0, 0.1) is 0 Å². The number of hydrogen-bond acceptors (Lipinski definition) is 3. The third kappa shape index (κ3) is 4.00. The predicted molar refractivity (Wildman–Crippen MR) is 57.2 cm³/mol. The van der Waals surface area contributed by atoms with E-state index >= 15 is 0 Å². The second-order valence-electron chi connectivity index (χ2n) is 3.06. The van der Waals surface area contributed by atoms with Crippen LogP contribution in [0.5, 0.6) is 0 Å². The summed E-state index contributed by atoms with van der Waals surface area (Å²) < 4.78 is 0. The van der Waals surface area contributed by atoms with Crippen molar-refractivity contribution in [1.29, 1.82) is 0 Å². The van der Waals surface area contributed by atoms with Gasteiger partial charge in [-0.1, -0.05) is 0 Å². The Morgan fingerprint density at radius 3 is 3.08 bits per heavy atom. The van der Waals surface area contributed by atoms with Crippen molar-refractivity contribution in [3.05, 3.63) is 0 Å². The zero-order chi connectivity index (χ0) is 8.65. The van der Waals surface area contributed by atoms with Crippen LogP contribution < -0.4 is 5.32 Å². The molecule has 1 aliphatic heterocycles. The van der Waals surface area contributed by atoms with E-state index in [1.54, 1.807) is 0 Å². The number of amidine groups is 1. The van der Waals surface area contributed by atoms with Crippen molar-refractivity contribution < 1.29 is 0 Å². The Bertz CT molecular complexity index is 145. The smallest absolute Gasteiger partial charge is 0.0963 e. The van der Waals surface area contributed by atoms with Gasteiger partial charge in [-0.15, -0.1) is 0 Å². The van der Waals surface area contributed by atoms with Gasteiger partial charge in [-0.05, 0) is 31.3 Å². The molecule has 0 aromatic carbocycles. The number of unbranched alkanes of at least 4 members (excludes halogenated alkanes) is 1. The second kappa shape index (κ2) is 6.35. The van der Waals surface area contributed by atoms with Gasteiger partial charge in [0.25, 0.3) is 0 Å². The fourth-order valence-electron chi connectivity index (χ4n) is 1.29. The molecule has 1 rings (SSSR count). The van der Waals surface area contributed by atoms with Gasteiger partial charge in [-0.25, -0.2) is 0 Å². The molecule has 3 heteroatoms. The maximum absolute atomic E-state index is 4.35. The van der Waals surface area contributed by atoms with E-state index < -0.39 is 0 Å². The fourth-order valence-corrected chi connectivity index (χ4v) is 1.78. The van der Waals surface area contributed by atoms with Crippen molar-refractivity contribution in [2.75, 3.05) is 25.1 Å². The SMILES string of the molecule is CSCCCCNC1=NCCC1. The molecule has 0 aromatic rings. The Labute approximate surface area is 79.2 Å². The largest absolute Gasteiger partial charge is 0.374 e. The number of rotatable bonds is 5. The van der Waals surface area contributed by atoms with Crippen LogP contribution in [0.1, 0.15) is 25.7 Å². The Kier molecular flexibility index (Phi) is 5.24. The first kappa shape index (κ1) is 9.90. The summed E-state index contributed by atoms with van der Waals surface area (Å²) in [5.74, 6) is 2.52. The highest BCUT2D eigenvalue weighted by molar-refractivity contribution is 7.98. The summed E-state index contributed by atoms with van der Waals surface area (Å²) >= 11 is 1.93. The molecular formula is C9H18N2S. The predicted octanol–water partition coefficient (Wildman–Crippen LogP) is 1.91. The molecule has 0 aliphatic carbocycles. The number of thioether (sulfide) groups is 1. The minimum Gasteiger partial charge on any atom is -0.374 e. The summed E-state index contributed by atoms with van der Waals surface area (Å²) in [6.07, 6.45) is 7.17. The van der Waals surface area contributed by atoms with Crippen molar-refractivity contribution in [3.8, 4) is 0 Å². The van der Waals surface area contributed by atoms with Gasteiger partial charge in [0.2, 0.25) is 0 Å². The molecular weight excluding hydrogens is 168 g/mol. The van der Waals surface area contributed by atoms with Crippen molar-refractivity contribution >= 4 is 17.6 Å². The summed E-state index contributed by atoms with van der Waals surface area (Å²) in [6.45, 7) is 2.15. The highest BCUT2D eigenvalue weighted by Crippen LogP contribution is 2.02. The third-order valence-corrected chi connectivity index (χ3v) is 2.68. The Hall–Kier alpha value is -0.180. The van der Waals surface area contributed by atoms with Crippen LogP contribution in [0.3, 0.4) is 0 Å². The van der Waals surface area contributed by atoms with Crippen molar-refractivity contribution in [2.45, 2.75) is 25.7 Å². The second-order valence-corrected chi connectivity index (χ2v) is 4.04. The van der Waals surface area contributed by atoms with Gasteiger partial charge in [0.05, 0.1) is 5.84 Å². The molecule has 0 spiro atoms. The molecule has 1 heterocycles. The Balaban J connectivity index is 1.88. The lowest BCUT2D eigenvalue weighted by atomic mass is 10.3. The average Bonchev–Trinajstić information content (AvgIpc) is 2.57. The minimum atomic E-state index is 1.03. The minimum absolute atomic E-state index is 1.03. The monoisotopic (exact) mass is 186 g/mol. The maximum Gasteiger partial charge on any atom is 0.0963 e. The van der Waals surface area contributed by atoms with E-state index in [9.17, 15) is 0 Å². The van der Waals surface area contributed by atoms with Gasteiger partial charge in [-0.3, -0.25) is 4.99 Å². The third-order valence-electron chi connectivity index (χ3n) is 1.98. The van der Waals surface area contributed by atoms with Crippen LogP contribution in [0.2, 0.25) is 0 Å². The van der Waals surface area contributed by atoms with Gasteiger partial charge >= 0.3 is 0 Å². The number of aliphatic imine (C=N–C) groups is 1. The molecule has 2 nitrogen and oxygen atoms in total. The van der Waals surface area contributed by atoms with E-state index in [0.29, 0.717) is 0 Å². The molecule has 0 saturated heterocycles. The van der Waals surface area contributed by atoms with Crippen LogP contribution in [0.15, 0.2) is 4.99 Å². The van der Waals surface area contributed by atoms with Crippen LogP contribution >= 0.6 is 11.8 Å². The van der Waals surface area contributed by atoms with E-state index in [1.165, 1.54) is 37.3 Å². The van der Waals surface area contributed by atoms with Crippen LogP contribution in [-0.4, -0.2) is 30.9 Å². The number of hydrogen-bond donors (Lipinski definition) is 1. The first-order chi connectivity index (χ1) is 5.93. The Morgan fingerprint density at radius 2 is 2.42 bits per heavy atom. The van der Waals surface area contributed by atoms with Crippen LogP contribution in [0.25, 0.3) is 0 Å². The highest BCUT2D eigenvalue weighted by Gasteiger charge is 2.03. The molecule has 0 bridgehead atoms. The molecule has 12 heavy (non-hydrogen) atoms. The fraction of sp³-hybridized carbons (Fsp3) is 0.889. The van der Waals surface area contributed by atoms with Gasteiger partial charge in [-0.2, -0.15) is 11.8 Å². The molecule has 0 aromatic heterocycles. The quantitative estimate of drug-likeness (QED) is 0.663. The van der Waals surface area contributed by atoms with Crippen LogP contribution in [-0.2, 0) is 0 Å². The standard InChI is InChI=1S/C9H18N2S/c1-12-8-3-2-6-10-9-5-4-7-11-9/h2-8H2,1H3,(H,10,11). The first-order valence-electron chi connectivity index (χ1n) is 4.69.